The Bertz CT molecular complexity index is 874. The molecular weight excluding hydrogens is 388 g/mol. The Hall–Kier alpha value is -2.82. The smallest absolute Gasteiger partial charge is 0.259 e. The van der Waals surface area contributed by atoms with E-state index in [2.05, 4.69) is 12.2 Å². The molecule has 0 bridgehead atoms. The molecule has 2 amide bonds. The zero-order valence-corrected chi connectivity index (χ0v) is 18.7. The zero-order chi connectivity index (χ0) is 22.1. The van der Waals surface area contributed by atoms with Crippen LogP contribution in [-0.4, -0.2) is 36.4 Å². The van der Waals surface area contributed by atoms with Gasteiger partial charge in [0.05, 0.1) is 23.4 Å². The number of ether oxygens (including phenoxy) is 1. The van der Waals surface area contributed by atoms with Crippen LogP contribution >= 0.6 is 0 Å². The topological polar surface area (TPSA) is 58.6 Å². The Balaban J connectivity index is 1.73. The first kappa shape index (κ1) is 22.9. The third-order valence-corrected chi connectivity index (χ3v) is 5.99. The van der Waals surface area contributed by atoms with Crippen molar-refractivity contribution in [3.05, 3.63) is 59.7 Å². The average molecular weight is 423 g/mol. The minimum absolute atomic E-state index is 0.0492. The molecule has 0 unspecified atom stereocenters. The van der Waals surface area contributed by atoms with Gasteiger partial charge in [0.25, 0.3) is 11.8 Å². The van der Waals surface area contributed by atoms with Crippen molar-refractivity contribution in [2.45, 2.75) is 64.3 Å². The van der Waals surface area contributed by atoms with Crippen LogP contribution in [0.4, 0.5) is 5.69 Å². The summed E-state index contributed by atoms with van der Waals surface area (Å²) in [4.78, 5) is 28.1. The van der Waals surface area contributed by atoms with E-state index in [1.165, 1.54) is 6.42 Å². The van der Waals surface area contributed by atoms with Crippen LogP contribution in [-0.2, 0) is 0 Å². The fourth-order valence-electron chi connectivity index (χ4n) is 4.11. The Morgan fingerprint density at radius 2 is 1.65 bits per heavy atom. The van der Waals surface area contributed by atoms with Gasteiger partial charge in [-0.25, -0.2) is 0 Å². The number of hydrogen-bond acceptors (Lipinski definition) is 3. The van der Waals surface area contributed by atoms with Crippen molar-refractivity contribution >= 4 is 17.5 Å². The summed E-state index contributed by atoms with van der Waals surface area (Å²) in [6, 6.07) is 14.8. The van der Waals surface area contributed by atoms with Gasteiger partial charge in [-0.2, -0.15) is 0 Å². The molecular formula is C26H34N2O3. The van der Waals surface area contributed by atoms with Crippen molar-refractivity contribution in [3.63, 3.8) is 0 Å². The Labute approximate surface area is 185 Å². The van der Waals surface area contributed by atoms with Gasteiger partial charge in [0.2, 0.25) is 0 Å². The molecule has 1 fully saturated rings. The molecule has 0 heterocycles. The molecule has 0 radical (unpaired) electrons. The molecule has 5 nitrogen and oxygen atoms in total. The number of unbranched alkanes of at least 4 members (excludes halogenated alkanes) is 2. The first-order valence-electron chi connectivity index (χ1n) is 11.5. The number of carbonyl (C=O) groups excluding carboxylic acids is 2. The van der Waals surface area contributed by atoms with E-state index in [0.717, 1.165) is 44.9 Å². The molecule has 0 spiro atoms. The predicted octanol–water partition coefficient (Wildman–Crippen LogP) is 5.91. The van der Waals surface area contributed by atoms with E-state index >= 15 is 0 Å². The Morgan fingerprint density at radius 1 is 0.968 bits per heavy atom. The lowest BCUT2D eigenvalue weighted by atomic mass is 9.94. The molecule has 1 saturated carbocycles. The molecule has 5 heteroatoms. The molecule has 0 aromatic heterocycles. The van der Waals surface area contributed by atoms with Crippen LogP contribution in [0.1, 0.15) is 79.0 Å². The molecule has 2 aromatic carbocycles. The number of rotatable bonds is 9. The van der Waals surface area contributed by atoms with Crippen LogP contribution in [0.5, 0.6) is 5.75 Å². The lowest BCUT2D eigenvalue weighted by Gasteiger charge is -2.31. The maximum absolute atomic E-state index is 13.2. The third-order valence-electron chi connectivity index (χ3n) is 5.99. The molecule has 1 N–H and O–H groups in total. The second-order valence-corrected chi connectivity index (χ2v) is 8.26. The molecule has 2 aromatic rings. The van der Waals surface area contributed by atoms with E-state index in [1.807, 2.05) is 42.3 Å². The number of hydrogen-bond donors (Lipinski definition) is 1. The number of amides is 2. The molecule has 31 heavy (non-hydrogen) atoms. The van der Waals surface area contributed by atoms with Crippen LogP contribution in [0.2, 0.25) is 0 Å². The van der Waals surface area contributed by atoms with E-state index < -0.39 is 0 Å². The van der Waals surface area contributed by atoms with E-state index in [0.29, 0.717) is 29.2 Å². The van der Waals surface area contributed by atoms with E-state index in [1.54, 1.807) is 18.2 Å². The summed E-state index contributed by atoms with van der Waals surface area (Å²) in [7, 11) is 1.87. The van der Waals surface area contributed by atoms with Crippen LogP contribution in [0.3, 0.4) is 0 Å². The van der Waals surface area contributed by atoms with Crippen LogP contribution in [0, 0.1) is 0 Å². The number of nitrogens with one attached hydrogen (secondary N) is 1. The summed E-state index contributed by atoms with van der Waals surface area (Å²) in [5, 5.41) is 2.94. The summed E-state index contributed by atoms with van der Waals surface area (Å²) >= 11 is 0. The third kappa shape index (κ3) is 6.09. The molecule has 1 aliphatic carbocycles. The number of benzene rings is 2. The molecule has 3 rings (SSSR count). The van der Waals surface area contributed by atoms with Crippen molar-refractivity contribution in [3.8, 4) is 5.75 Å². The predicted molar refractivity (Wildman–Crippen MR) is 125 cm³/mol. The summed E-state index contributed by atoms with van der Waals surface area (Å²) < 4.78 is 5.86. The zero-order valence-electron chi connectivity index (χ0n) is 18.7. The van der Waals surface area contributed by atoms with Crippen molar-refractivity contribution in [2.24, 2.45) is 0 Å². The first-order valence-corrected chi connectivity index (χ1v) is 11.5. The molecule has 0 aliphatic heterocycles. The fraction of sp³-hybridized carbons (Fsp3) is 0.462. The van der Waals surface area contributed by atoms with Crippen molar-refractivity contribution in [2.75, 3.05) is 19.0 Å². The lowest BCUT2D eigenvalue weighted by Crippen LogP contribution is -2.38. The van der Waals surface area contributed by atoms with Crippen molar-refractivity contribution < 1.29 is 14.3 Å². The van der Waals surface area contributed by atoms with Crippen LogP contribution in [0.15, 0.2) is 48.5 Å². The summed E-state index contributed by atoms with van der Waals surface area (Å²) in [5.74, 6) is 0.248. The number of carbonyl (C=O) groups is 2. The minimum Gasteiger partial charge on any atom is -0.493 e. The Kier molecular flexibility index (Phi) is 8.51. The lowest BCUT2D eigenvalue weighted by molar-refractivity contribution is 0.0697. The highest BCUT2D eigenvalue weighted by Gasteiger charge is 2.25. The SMILES string of the molecule is CCCCCOc1ccccc1C(=O)Nc1ccccc1C(=O)N(C)C1CCCCC1. The van der Waals surface area contributed by atoms with Gasteiger partial charge in [-0.1, -0.05) is 63.3 Å². The van der Waals surface area contributed by atoms with Gasteiger partial charge < -0.3 is 15.0 Å². The first-order chi connectivity index (χ1) is 15.1. The van der Waals surface area contributed by atoms with E-state index in [9.17, 15) is 9.59 Å². The second kappa shape index (κ2) is 11.5. The van der Waals surface area contributed by atoms with Gasteiger partial charge in [-0.15, -0.1) is 0 Å². The van der Waals surface area contributed by atoms with Gasteiger partial charge in [-0.05, 0) is 43.5 Å². The quantitative estimate of drug-likeness (QED) is 0.511. The number of para-hydroxylation sites is 2. The highest BCUT2D eigenvalue weighted by atomic mass is 16.5. The maximum atomic E-state index is 13.2. The second-order valence-electron chi connectivity index (χ2n) is 8.26. The van der Waals surface area contributed by atoms with Gasteiger partial charge in [0.15, 0.2) is 0 Å². The van der Waals surface area contributed by atoms with Gasteiger partial charge in [0.1, 0.15) is 5.75 Å². The van der Waals surface area contributed by atoms with Gasteiger partial charge >= 0.3 is 0 Å². The van der Waals surface area contributed by atoms with Crippen LogP contribution < -0.4 is 10.1 Å². The Morgan fingerprint density at radius 3 is 2.39 bits per heavy atom. The van der Waals surface area contributed by atoms with Gasteiger partial charge in [0, 0.05) is 13.1 Å². The summed E-state index contributed by atoms with van der Waals surface area (Å²) in [5.41, 5.74) is 1.52. The van der Waals surface area contributed by atoms with Crippen molar-refractivity contribution in [1.82, 2.24) is 4.90 Å². The fourth-order valence-corrected chi connectivity index (χ4v) is 4.11. The monoisotopic (exact) mass is 422 g/mol. The van der Waals surface area contributed by atoms with Crippen molar-refractivity contribution in [1.29, 1.82) is 0 Å². The summed E-state index contributed by atoms with van der Waals surface area (Å²) in [6.07, 6.45) is 8.82. The normalized spacial score (nSPS) is 14.1. The highest BCUT2D eigenvalue weighted by molar-refractivity contribution is 6.10. The van der Waals surface area contributed by atoms with Gasteiger partial charge in [-0.3, -0.25) is 9.59 Å². The average Bonchev–Trinajstić information content (AvgIpc) is 2.82. The van der Waals surface area contributed by atoms with Crippen LogP contribution in [0.25, 0.3) is 0 Å². The number of nitrogens with zero attached hydrogens (tertiary/aromatic N) is 1. The molecule has 1 aliphatic rings. The molecule has 0 atom stereocenters. The largest absolute Gasteiger partial charge is 0.493 e. The minimum atomic E-state index is -0.272. The highest BCUT2D eigenvalue weighted by Crippen LogP contribution is 2.26. The maximum Gasteiger partial charge on any atom is 0.259 e. The van der Waals surface area contributed by atoms with E-state index in [-0.39, 0.29) is 17.9 Å². The van der Waals surface area contributed by atoms with E-state index in [4.69, 9.17) is 4.74 Å². The standard InChI is InChI=1S/C26H34N2O3/c1-3-4-12-19-31-24-18-11-9-16-22(24)25(29)27-23-17-10-8-15-21(23)26(30)28(2)20-13-6-5-7-14-20/h8-11,15-18,20H,3-7,12-14,19H2,1-2H3,(H,27,29). The molecule has 166 valence electrons. The molecule has 0 saturated heterocycles. The number of anilines is 1. The summed E-state index contributed by atoms with van der Waals surface area (Å²) in [6.45, 7) is 2.73.